The molecule has 1 aromatic carbocycles. The molecule has 0 heterocycles. The number of ether oxygens (including phenoxy) is 1. The summed E-state index contributed by atoms with van der Waals surface area (Å²) in [4.78, 5) is 22.1. The number of aliphatic hydroxyl groups excluding tert-OH is 1. The Bertz CT molecular complexity index is 721. The van der Waals surface area contributed by atoms with E-state index in [0.29, 0.717) is 0 Å². The molecule has 0 saturated heterocycles. The highest BCUT2D eigenvalue weighted by Crippen LogP contribution is 2.27. The SMILES string of the molecule is CCOC(=O)/C(=C(\O)c1ccccc1NC(C)=O)S(C)(=O)=O. The lowest BCUT2D eigenvalue weighted by molar-refractivity contribution is -0.137. The van der Waals surface area contributed by atoms with Gasteiger partial charge in [0.15, 0.2) is 20.5 Å². The minimum absolute atomic E-state index is 0.00572. The number of hydrogen-bond acceptors (Lipinski definition) is 6. The van der Waals surface area contributed by atoms with Crippen molar-refractivity contribution < 1.29 is 27.9 Å². The highest BCUT2D eigenvalue weighted by Gasteiger charge is 2.28. The van der Waals surface area contributed by atoms with E-state index in [9.17, 15) is 23.1 Å². The van der Waals surface area contributed by atoms with Gasteiger partial charge in [0.05, 0.1) is 12.3 Å². The second kappa shape index (κ2) is 7.08. The summed E-state index contributed by atoms with van der Waals surface area (Å²) in [5.41, 5.74) is 0.184. The first kappa shape index (κ1) is 17.7. The minimum Gasteiger partial charge on any atom is -0.506 e. The average molecular weight is 327 g/mol. The number of carbonyl (C=O) groups excluding carboxylic acids is 2. The first-order valence-electron chi connectivity index (χ1n) is 6.35. The zero-order valence-corrected chi connectivity index (χ0v) is 13.2. The first-order valence-corrected chi connectivity index (χ1v) is 8.25. The van der Waals surface area contributed by atoms with E-state index in [2.05, 4.69) is 10.1 Å². The molecule has 22 heavy (non-hydrogen) atoms. The van der Waals surface area contributed by atoms with E-state index in [1.165, 1.54) is 32.0 Å². The van der Waals surface area contributed by atoms with Crippen molar-refractivity contribution in [1.82, 2.24) is 0 Å². The number of esters is 1. The van der Waals surface area contributed by atoms with Crippen LogP contribution < -0.4 is 5.32 Å². The number of aliphatic hydroxyl groups is 1. The van der Waals surface area contributed by atoms with Crippen LogP contribution in [0.1, 0.15) is 19.4 Å². The number of benzene rings is 1. The summed E-state index contributed by atoms with van der Waals surface area (Å²) < 4.78 is 28.3. The van der Waals surface area contributed by atoms with Gasteiger partial charge in [-0.25, -0.2) is 13.2 Å². The van der Waals surface area contributed by atoms with E-state index >= 15 is 0 Å². The molecule has 0 radical (unpaired) electrons. The molecule has 0 atom stereocenters. The highest BCUT2D eigenvalue weighted by atomic mass is 32.2. The van der Waals surface area contributed by atoms with Crippen LogP contribution in [-0.2, 0) is 24.2 Å². The van der Waals surface area contributed by atoms with Crippen LogP contribution in [0.2, 0.25) is 0 Å². The molecule has 1 aromatic rings. The Morgan fingerprint density at radius 1 is 1.27 bits per heavy atom. The van der Waals surface area contributed by atoms with Gasteiger partial charge in [-0.05, 0) is 19.1 Å². The smallest absolute Gasteiger partial charge is 0.353 e. The summed E-state index contributed by atoms with van der Waals surface area (Å²) in [6.07, 6.45) is 0.788. The van der Waals surface area contributed by atoms with Crippen molar-refractivity contribution >= 4 is 33.2 Å². The van der Waals surface area contributed by atoms with Gasteiger partial charge >= 0.3 is 5.97 Å². The molecule has 0 saturated carbocycles. The van der Waals surface area contributed by atoms with E-state index in [1.54, 1.807) is 6.07 Å². The van der Waals surface area contributed by atoms with Crippen LogP contribution in [0.25, 0.3) is 5.76 Å². The summed E-state index contributed by atoms with van der Waals surface area (Å²) >= 11 is 0. The Morgan fingerprint density at radius 2 is 1.86 bits per heavy atom. The monoisotopic (exact) mass is 327 g/mol. The van der Waals surface area contributed by atoms with Crippen LogP contribution >= 0.6 is 0 Å². The normalized spacial score (nSPS) is 12.3. The third-order valence-electron chi connectivity index (χ3n) is 2.54. The minimum atomic E-state index is -4.04. The standard InChI is InChI=1S/C14H17NO6S/c1-4-21-14(18)13(22(3,19)20)12(17)10-7-5-6-8-11(10)15-9(2)16/h5-8,17H,4H2,1-3H3,(H,15,16)/b13-12+. The maximum absolute atomic E-state index is 11.8. The van der Waals surface area contributed by atoms with Crippen LogP contribution in [0, 0.1) is 0 Å². The van der Waals surface area contributed by atoms with Crippen LogP contribution in [0.5, 0.6) is 0 Å². The Hall–Kier alpha value is -2.35. The Morgan fingerprint density at radius 3 is 2.36 bits per heavy atom. The van der Waals surface area contributed by atoms with Gasteiger partial charge in [-0.3, -0.25) is 4.79 Å². The highest BCUT2D eigenvalue weighted by molar-refractivity contribution is 7.95. The fraction of sp³-hybridized carbons (Fsp3) is 0.286. The Labute approximate surface area is 128 Å². The van der Waals surface area contributed by atoms with E-state index in [4.69, 9.17) is 0 Å². The molecule has 7 nitrogen and oxygen atoms in total. The molecular formula is C14H17NO6S. The van der Waals surface area contributed by atoms with Crippen molar-refractivity contribution in [3.63, 3.8) is 0 Å². The summed E-state index contributed by atoms with van der Waals surface area (Å²) in [5, 5.41) is 12.7. The van der Waals surface area contributed by atoms with Crippen molar-refractivity contribution in [3.8, 4) is 0 Å². The third-order valence-corrected chi connectivity index (χ3v) is 3.64. The number of rotatable bonds is 5. The zero-order chi connectivity index (χ0) is 16.9. The quantitative estimate of drug-likeness (QED) is 0.481. The van der Waals surface area contributed by atoms with Gasteiger partial charge in [-0.15, -0.1) is 0 Å². The lowest BCUT2D eigenvalue weighted by atomic mass is 10.1. The molecule has 0 aliphatic carbocycles. The van der Waals surface area contributed by atoms with Crippen molar-refractivity contribution in [2.24, 2.45) is 0 Å². The van der Waals surface area contributed by atoms with Gasteiger partial charge in [0.2, 0.25) is 5.91 Å². The van der Waals surface area contributed by atoms with Crippen molar-refractivity contribution in [2.75, 3.05) is 18.2 Å². The molecular weight excluding hydrogens is 310 g/mol. The summed E-state index contributed by atoms with van der Waals surface area (Å²) in [6, 6.07) is 5.97. The van der Waals surface area contributed by atoms with E-state index in [-0.39, 0.29) is 17.9 Å². The Balaban J connectivity index is 3.55. The topological polar surface area (TPSA) is 110 Å². The largest absolute Gasteiger partial charge is 0.506 e. The van der Waals surface area contributed by atoms with E-state index in [0.717, 1.165) is 6.26 Å². The van der Waals surface area contributed by atoms with E-state index in [1.807, 2.05) is 0 Å². The molecule has 1 amide bonds. The van der Waals surface area contributed by atoms with Crippen LogP contribution in [0.4, 0.5) is 5.69 Å². The molecule has 0 fully saturated rings. The van der Waals surface area contributed by atoms with Crippen LogP contribution in [0.3, 0.4) is 0 Å². The molecule has 8 heteroatoms. The van der Waals surface area contributed by atoms with Gasteiger partial charge in [-0.1, -0.05) is 12.1 Å². The van der Waals surface area contributed by atoms with Gasteiger partial charge in [0, 0.05) is 18.7 Å². The van der Waals surface area contributed by atoms with Crippen molar-refractivity contribution in [3.05, 3.63) is 34.7 Å². The average Bonchev–Trinajstić information content (AvgIpc) is 2.37. The predicted octanol–water partition coefficient (Wildman–Crippen LogP) is 1.48. The lowest BCUT2D eigenvalue weighted by Crippen LogP contribution is -2.18. The number of para-hydroxylation sites is 1. The first-order chi connectivity index (χ1) is 10.2. The molecule has 0 aliphatic rings. The number of hydrogen-bond donors (Lipinski definition) is 2. The number of sulfone groups is 1. The van der Waals surface area contributed by atoms with Crippen LogP contribution in [-0.4, -0.2) is 38.3 Å². The maximum atomic E-state index is 11.8. The molecule has 2 N–H and O–H groups in total. The summed E-state index contributed by atoms with van der Waals surface area (Å²) in [6.45, 7) is 2.74. The molecule has 0 aliphatic heterocycles. The number of anilines is 1. The summed E-state index contributed by atoms with van der Waals surface area (Å²) in [5.74, 6) is -2.33. The number of amides is 1. The molecule has 120 valence electrons. The van der Waals surface area contributed by atoms with E-state index < -0.39 is 32.4 Å². The van der Waals surface area contributed by atoms with Crippen LogP contribution in [0.15, 0.2) is 29.2 Å². The van der Waals surface area contributed by atoms with Gasteiger partial charge in [-0.2, -0.15) is 0 Å². The van der Waals surface area contributed by atoms with Gasteiger partial charge < -0.3 is 15.2 Å². The van der Waals surface area contributed by atoms with Crippen molar-refractivity contribution in [1.29, 1.82) is 0 Å². The van der Waals surface area contributed by atoms with Gasteiger partial charge in [0.1, 0.15) is 0 Å². The predicted molar refractivity (Wildman–Crippen MR) is 81.8 cm³/mol. The third kappa shape index (κ3) is 4.32. The molecule has 0 spiro atoms. The molecule has 0 aromatic heterocycles. The maximum Gasteiger partial charge on any atom is 0.353 e. The summed E-state index contributed by atoms with van der Waals surface area (Å²) in [7, 11) is -4.04. The van der Waals surface area contributed by atoms with Gasteiger partial charge in [0.25, 0.3) is 0 Å². The Kier molecular flexibility index (Phi) is 5.69. The molecule has 0 unspecified atom stereocenters. The van der Waals surface area contributed by atoms with Crippen molar-refractivity contribution in [2.45, 2.75) is 13.8 Å². The molecule has 1 rings (SSSR count). The fourth-order valence-electron chi connectivity index (χ4n) is 1.73. The lowest BCUT2D eigenvalue weighted by Gasteiger charge is -2.12. The molecule has 0 bridgehead atoms. The second-order valence-corrected chi connectivity index (χ2v) is 6.35. The number of nitrogens with one attached hydrogen (secondary N) is 1. The number of carbonyl (C=O) groups is 2. The zero-order valence-electron chi connectivity index (χ0n) is 12.4. The second-order valence-electron chi connectivity index (χ2n) is 4.40. The fourth-order valence-corrected chi connectivity index (χ4v) is 2.55.